The van der Waals surface area contributed by atoms with Gasteiger partial charge < -0.3 is 40.0 Å². The van der Waals surface area contributed by atoms with Crippen LogP contribution in [0.2, 0.25) is 5.02 Å². The lowest BCUT2D eigenvalue weighted by Gasteiger charge is -2.45. The van der Waals surface area contributed by atoms with E-state index in [4.69, 9.17) is 25.8 Å². The van der Waals surface area contributed by atoms with Crippen LogP contribution in [-0.4, -0.2) is 83.4 Å². The van der Waals surface area contributed by atoms with Gasteiger partial charge >= 0.3 is 0 Å². The summed E-state index contributed by atoms with van der Waals surface area (Å²) in [4.78, 5) is 12.3. The van der Waals surface area contributed by atoms with E-state index in [0.29, 0.717) is 18.7 Å². The molecule has 33 heavy (non-hydrogen) atoms. The lowest BCUT2D eigenvalue weighted by Crippen LogP contribution is -2.66. The summed E-state index contributed by atoms with van der Waals surface area (Å²) in [7, 11) is 1.56. The van der Waals surface area contributed by atoms with Crippen LogP contribution in [-0.2, 0) is 9.47 Å². The van der Waals surface area contributed by atoms with Crippen molar-refractivity contribution in [1.82, 2.24) is 5.32 Å². The molecule has 0 unspecified atom stereocenters. The van der Waals surface area contributed by atoms with Gasteiger partial charge in [-0.1, -0.05) is 29.8 Å². The fourth-order valence-corrected chi connectivity index (χ4v) is 3.69. The minimum absolute atomic E-state index is 0.166. The van der Waals surface area contributed by atoms with Crippen molar-refractivity contribution in [3.8, 4) is 16.9 Å². The Bertz CT molecular complexity index is 969. The third-order valence-electron chi connectivity index (χ3n) is 5.47. The monoisotopic (exact) mass is 481 g/mol. The summed E-state index contributed by atoms with van der Waals surface area (Å²) in [6.07, 6.45) is -5.62. The van der Waals surface area contributed by atoms with E-state index in [0.717, 1.165) is 11.1 Å². The smallest absolute Gasteiger partial charge is 0.251 e. The first-order valence-corrected chi connectivity index (χ1v) is 10.8. The molecule has 3 rings (SSSR count). The Kier molecular flexibility index (Phi) is 8.30. The first kappa shape index (κ1) is 25.4. The average Bonchev–Trinajstić information content (AvgIpc) is 2.81. The van der Waals surface area contributed by atoms with Crippen LogP contribution >= 0.6 is 11.6 Å². The number of aliphatic hydroxyl groups excluding tert-OH is 3. The summed E-state index contributed by atoms with van der Waals surface area (Å²) in [5.41, 5.74) is -0.00623. The molecule has 0 aromatic heterocycles. The number of rotatable bonds is 8. The molecule has 10 heteroatoms. The van der Waals surface area contributed by atoms with Gasteiger partial charge in [-0.15, -0.1) is 0 Å². The van der Waals surface area contributed by atoms with Crippen molar-refractivity contribution in [3.05, 3.63) is 53.1 Å². The van der Waals surface area contributed by atoms with E-state index in [1.54, 1.807) is 43.5 Å². The third-order valence-corrected chi connectivity index (χ3v) is 5.77. The summed E-state index contributed by atoms with van der Waals surface area (Å²) in [5.74, 6) is -0.0600. The van der Waals surface area contributed by atoms with Crippen molar-refractivity contribution in [2.75, 3.05) is 26.9 Å². The number of hydrogen-bond acceptors (Lipinski definition) is 8. The first-order chi connectivity index (χ1) is 15.7. The van der Waals surface area contributed by atoms with Crippen molar-refractivity contribution >= 4 is 17.5 Å². The van der Waals surface area contributed by atoms with Crippen LogP contribution < -0.4 is 10.1 Å². The highest BCUT2D eigenvalue weighted by Gasteiger charge is 2.53. The average molecular weight is 482 g/mol. The molecule has 1 aliphatic heterocycles. The standard InChI is InChI=1S/C23H28ClNO8/c1-23(30)20(28)19(27)18(12-26)33-22(23)32-17-7-6-14(11-16(17)24)13-4-3-5-15(10-13)21(29)25-8-9-31-2/h3-7,10-11,18-20,22,26-28,30H,8-9,12H2,1-2H3,(H,25,29)/t18-,19-,20+,22+,23+/m1/s1. The van der Waals surface area contributed by atoms with Crippen LogP contribution in [0.25, 0.3) is 11.1 Å². The molecular formula is C23H28ClNO8. The highest BCUT2D eigenvalue weighted by atomic mass is 35.5. The normalized spacial score (nSPS) is 27.2. The second-order valence-electron chi connectivity index (χ2n) is 7.94. The molecule has 5 N–H and O–H groups in total. The van der Waals surface area contributed by atoms with E-state index >= 15 is 0 Å². The molecule has 2 aromatic rings. The number of ether oxygens (including phenoxy) is 3. The molecule has 0 saturated carbocycles. The van der Waals surface area contributed by atoms with Gasteiger partial charge in [-0.3, -0.25) is 4.79 Å². The van der Waals surface area contributed by atoms with Crippen molar-refractivity contribution in [2.45, 2.75) is 37.1 Å². The number of benzene rings is 2. The molecule has 0 radical (unpaired) electrons. The van der Waals surface area contributed by atoms with Crippen LogP contribution in [0.15, 0.2) is 42.5 Å². The van der Waals surface area contributed by atoms with Gasteiger partial charge in [-0.05, 0) is 42.3 Å². The van der Waals surface area contributed by atoms with E-state index in [9.17, 15) is 25.2 Å². The van der Waals surface area contributed by atoms with Gasteiger partial charge in [0, 0.05) is 19.2 Å². The SMILES string of the molecule is COCCNC(=O)c1cccc(-c2ccc(O[C@H]3O[C@H](CO)[C@@H](O)[C@H](O)[C@]3(C)O)c(Cl)c2)c1. The Morgan fingerprint density at radius 2 is 1.94 bits per heavy atom. The fraction of sp³-hybridized carbons (Fsp3) is 0.435. The van der Waals surface area contributed by atoms with E-state index in [1.165, 1.54) is 6.92 Å². The predicted molar refractivity (Wildman–Crippen MR) is 120 cm³/mol. The Morgan fingerprint density at radius 3 is 2.61 bits per heavy atom. The minimum Gasteiger partial charge on any atom is -0.460 e. The van der Waals surface area contributed by atoms with Gasteiger partial charge in [0.1, 0.15) is 24.1 Å². The molecule has 1 aliphatic rings. The second kappa shape index (κ2) is 10.8. The van der Waals surface area contributed by atoms with Crippen molar-refractivity contribution < 1.29 is 39.4 Å². The molecule has 1 saturated heterocycles. The minimum atomic E-state index is -1.96. The zero-order chi connectivity index (χ0) is 24.2. The third kappa shape index (κ3) is 5.64. The Labute approximate surface area is 196 Å². The van der Waals surface area contributed by atoms with E-state index in [2.05, 4.69) is 5.32 Å². The summed E-state index contributed by atoms with van der Waals surface area (Å²) in [5, 5.41) is 43.1. The lowest BCUT2D eigenvalue weighted by atomic mass is 9.88. The maximum absolute atomic E-state index is 12.3. The number of hydrogen-bond donors (Lipinski definition) is 5. The van der Waals surface area contributed by atoms with Crippen LogP contribution in [0.4, 0.5) is 0 Å². The topological polar surface area (TPSA) is 138 Å². The van der Waals surface area contributed by atoms with E-state index in [1.807, 2.05) is 6.07 Å². The molecular weight excluding hydrogens is 454 g/mol. The molecule has 180 valence electrons. The summed E-state index contributed by atoms with van der Waals surface area (Å²) < 4.78 is 16.1. The number of aliphatic hydroxyl groups is 4. The molecule has 0 spiro atoms. The summed E-state index contributed by atoms with van der Waals surface area (Å²) in [6.45, 7) is 1.49. The highest BCUT2D eigenvalue weighted by molar-refractivity contribution is 6.32. The Balaban J connectivity index is 1.78. The summed E-state index contributed by atoms with van der Waals surface area (Å²) >= 11 is 6.40. The number of carbonyl (C=O) groups excluding carboxylic acids is 1. The molecule has 1 amide bonds. The van der Waals surface area contributed by atoms with E-state index < -0.39 is 36.8 Å². The van der Waals surface area contributed by atoms with Gasteiger partial charge in [0.15, 0.2) is 5.60 Å². The van der Waals surface area contributed by atoms with Gasteiger partial charge in [0.05, 0.1) is 18.2 Å². The van der Waals surface area contributed by atoms with Gasteiger partial charge in [-0.25, -0.2) is 0 Å². The van der Waals surface area contributed by atoms with Crippen molar-refractivity contribution in [3.63, 3.8) is 0 Å². The highest BCUT2D eigenvalue weighted by Crippen LogP contribution is 2.36. The second-order valence-corrected chi connectivity index (χ2v) is 8.35. The Morgan fingerprint density at radius 1 is 1.21 bits per heavy atom. The number of carbonyl (C=O) groups is 1. The molecule has 2 aromatic carbocycles. The van der Waals surface area contributed by atoms with Crippen LogP contribution in [0.3, 0.4) is 0 Å². The molecule has 5 atom stereocenters. The number of nitrogens with one attached hydrogen (secondary N) is 1. The molecule has 0 aliphatic carbocycles. The van der Waals surface area contributed by atoms with Crippen molar-refractivity contribution in [1.29, 1.82) is 0 Å². The van der Waals surface area contributed by atoms with Crippen LogP contribution in [0.5, 0.6) is 5.75 Å². The zero-order valence-corrected chi connectivity index (χ0v) is 19.0. The Hall–Kier alpha value is -2.24. The maximum Gasteiger partial charge on any atom is 0.251 e. The quantitative estimate of drug-likeness (QED) is 0.351. The molecule has 0 bridgehead atoms. The maximum atomic E-state index is 12.3. The van der Waals surface area contributed by atoms with Crippen LogP contribution in [0, 0.1) is 0 Å². The largest absolute Gasteiger partial charge is 0.460 e. The number of amides is 1. The summed E-state index contributed by atoms with van der Waals surface area (Å²) in [6, 6.07) is 11.9. The molecule has 9 nitrogen and oxygen atoms in total. The predicted octanol–water partition coefficient (Wildman–Crippen LogP) is 0.952. The molecule has 1 heterocycles. The number of halogens is 1. The van der Waals surface area contributed by atoms with Gasteiger partial charge in [0.2, 0.25) is 6.29 Å². The lowest BCUT2D eigenvalue weighted by molar-refractivity contribution is -0.314. The van der Waals surface area contributed by atoms with Gasteiger partial charge in [-0.2, -0.15) is 0 Å². The van der Waals surface area contributed by atoms with Gasteiger partial charge in [0.25, 0.3) is 5.91 Å². The first-order valence-electron chi connectivity index (χ1n) is 10.4. The number of methoxy groups -OCH3 is 1. The van der Waals surface area contributed by atoms with Crippen LogP contribution in [0.1, 0.15) is 17.3 Å². The van der Waals surface area contributed by atoms with Crippen molar-refractivity contribution in [2.24, 2.45) is 0 Å². The fourth-order valence-electron chi connectivity index (χ4n) is 3.46. The van der Waals surface area contributed by atoms with E-state index in [-0.39, 0.29) is 16.7 Å². The zero-order valence-electron chi connectivity index (χ0n) is 18.3. The molecule has 1 fully saturated rings.